The molecule has 346 valence electrons. The fourth-order valence-corrected chi connectivity index (χ4v) is 4.80. The van der Waals surface area contributed by atoms with E-state index in [0.29, 0.717) is 0 Å². The van der Waals surface area contributed by atoms with E-state index in [1.165, 1.54) is 30.3 Å². The number of guanidine groups is 4. The van der Waals surface area contributed by atoms with E-state index in [9.17, 15) is 53.9 Å². The summed E-state index contributed by atoms with van der Waals surface area (Å²) in [6.45, 7) is -0.343. The fourth-order valence-electron chi connectivity index (χ4n) is 4.80. The van der Waals surface area contributed by atoms with Gasteiger partial charge in [-0.3, -0.25) is 70.6 Å². The summed E-state index contributed by atoms with van der Waals surface area (Å²) in [6.07, 6.45) is -12.2. The Hall–Kier alpha value is -9.11. The van der Waals surface area contributed by atoms with E-state index < -0.39 is 125 Å². The topological polar surface area (TPSA) is 587 Å². The van der Waals surface area contributed by atoms with Crippen LogP contribution in [0.25, 0.3) is 0 Å². The molecule has 0 aliphatic carbocycles. The van der Waals surface area contributed by atoms with Crippen LogP contribution in [0, 0.1) is 31.8 Å². The first-order chi connectivity index (χ1) is 29.9. The summed E-state index contributed by atoms with van der Waals surface area (Å²) in [5, 5.41) is 84.7. The molecule has 0 radical (unpaired) electrons. The van der Waals surface area contributed by atoms with Crippen LogP contribution in [0.1, 0.15) is 17.2 Å². The molecule has 0 heterocycles. The van der Waals surface area contributed by atoms with E-state index in [0.717, 1.165) is 12.1 Å². The molecule has 0 saturated carbocycles. The molecule has 33 heteroatoms. The molecule has 0 fully saturated rings. The van der Waals surface area contributed by atoms with Gasteiger partial charge in [-0.15, -0.1) is 0 Å². The number of nitrogens with zero attached hydrogens (tertiary/aromatic N) is 1. The Balaban J connectivity index is 2.34. The number of hydrogen-bond donors (Lipinski definition) is 23. The van der Waals surface area contributed by atoms with Gasteiger partial charge in [-0.05, 0) is 17.2 Å². The van der Waals surface area contributed by atoms with Crippen LogP contribution in [0.2, 0.25) is 0 Å². The molecule has 2 rings (SSSR count). The maximum absolute atomic E-state index is 13.8. The number of aliphatic hydroxyl groups excluding tert-OH is 1. The number of carbonyl (C=O) groups excluding carboxylic acids is 7. The number of nitro benzene ring substituents is 1. The Morgan fingerprint density at radius 3 is 1.39 bits per heavy atom. The summed E-state index contributed by atoms with van der Waals surface area (Å²) in [4.78, 5) is 102. The van der Waals surface area contributed by atoms with Crippen LogP contribution in [-0.4, -0.2) is 117 Å². The zero-order valence-corrected chi connectivity index (χ0v) is 32.8. The molecule has 2 aromatic carbocycles. The third-order valence-corrected chi connectivity index (χ3v) is 7.66. The minimum atomic E-state index is -2.16. The van der Waals surface area contributed by atoms with Crippen molar-refractivity contribution in [1.29, 1.82) is 21.6 Å². The number of rotatable bonds is 22. The Morgan fingerprint density at radius 2 is 1.00 bits per heavy atom. The number of amides is 7. The van der Waals surface area contributed by atoms with Gasteiger partial charge in [0.15, 0.2) is 66.6 Å². The van der Waals surface area contributed by atoms with E-state index in [-0.39, 0.29) is 17.7 Å². The SMILES string of the molecule is N=C(N)NC(NC(=O)C(NC(=N)N)NC(=O)C(NC(=N)N)NC(=O)C(NC(=N)N)NC(=O)C(NC(=O)C(O)NCc1ccc(O)c([N+](=O)[O-])c1)c1ccccc1)C(=O)NC(N)C(N)=O. The van der Waals surface area contributed by atoms with Crippen LogP contribution in [0.4, 0.5) is 5.69 Å². The van der Waals surface area contributed by atoms with Crippen LogP contribution in [0.3, 0.4) is 0 Å². The minimum absolute atomic E-state index is 0.0726. The number of primary amides is 1. The van der Waals surface area contributed by atoms with Crippen LogP contribution >= 0.6 is 0 Å². The molecule has 33 nitrogen and oxygen atoms in total. The van der Waals surface area contributed by atoms with Gasteiger partial charge in [0.1, 0.15) is 6.04 Å². The maximum Gasteiger partial charge on any atom is 0.311 e. The van der Waals surface area contributed by atoms with Crippen LogP contribution in [0.5, 0.6) is 5.75 Å². The monoisotopic (exact) mass is 902 g/mol. The average molecular weight is 903 g/mol. The Labute approximate surface area is 359 Å². The van der Waals surface area contributed by atoms with Gasteiger partial charge < -0.3 is 97.8 Å². The first kappa shape index (κ1) is 51.0. The summed E-state index contributed by atoms with van der Waals surface area (Å²) >= 11 is 0. The van der Waals surface area contributed by atoms with Gasteiger partial charge in [0.2, 0.25) is 5.91 Å². The molecule has 64 heavy (non-hydrogen) atoms. The Kier molecular flexibility index (Phi) is 18.8. The lowest BCUT2D eigenvalue weighted by atomic mass is 10.1. The zero-order valence-electron chi connectivity index (χ0n) is 32.8. The van der Waals surface area contributed by atoms with Crippen molar-refractivity contribution < 1.29 is 48.7 Å². The summed E-state index contributed by atoms with van der Waals surface area (Å²) in [6, 6.07) is 8.78. The quantitative estimate of drug-likeness (QED) is 0.0171. The second kappa shape index (κ2) is 23.6. The lowest BCUT2D eigenvalue weighted by molar-refractivity contribution is -0.385. The number of hydrogen-bond acceptors (Lipinski definition) is 17. The third kappa shape index (κ3) is 16.5. The van der Waals surface area contributed by atoms with E-state index >= 15 is 0 Å². The standard InChI is InChI=1S/C31H46N22O11/c32-15(16(33)55)44-22(57)17(49-28(34)35)46-24(59)19(51-30(38)39)48-25(60)20(52-31(40)41)47-23(58)18(50-29(36)37)45-21(56)14(11-4-2-1-3-5-11)43-27(62)26(61)42-9-10-6-7-13(54)12(8-10)53(63)64/h1-8,14-15,17-20,26,42,54,61H,9,32H2,(H2,33,55)(H,43,62)(H,44,57)(H,45,56)(H,46,59)(H,47,58)(H,48,60)(H4,34,35,49)(H4,36,37,50)(H4,38,39,51)(H4,40,41,52). The van der Waals surface area contributed by atoms with Gasteiger partial charge in [-0.25, -0.2) is 0 Å². The number of aromatic hydroxyl groups is 1. The lowest BCUT2D eigenvalue weighted by Gasteiger charge is -2.28. The molecule has 0 saturated heterocycles. The normalized spacial score (nSPS) is 13.7. The van der Waals surface area contributed by atoms with E-state index in [1.54, 1.807) is 6.07 Å². The van der Waals surface area contributed by atoms with Crippen molar-refractivity contribution in [2.45, 2.75) is 49.6 Å². The highest BCUT2D eigenvalue weighted by molar-refractivity contribution is 6.00. The van der Waals surface area contributed by atoms with Gasteiger partial charge in [0, 0.05) is 12.6 Å². The first-order valence-electron chi connectivity index (χ1n) is 17.6. The highest BCUT2D eigenvalue weighted by Crippen LogP contribution is 2.26. The van der Waals surface area contributed by atoms with Crippen molar-refractivity contribution in [2.24, 2.45) is 34.4 Å². The fraction of sp³-hybridized carbons (Fsp3) is 0.258. The van der Waals surface area contributed by atoms with Gasteiger partial charge in [0.25, 0.3) is 35.4 Å². The number of aliphatic hydroxyl groups is 1. The number of nitrogens with two attached hydrogens (primary N) is 6. The predicted octanol–water partition coefficient (Wildman–Crippen LogP) is -9.85. The maximum atomic E-state index is 13.8. The van der Waals surface area contributed by atoms with Gasteiger partial charge in [-0.2, -0.15) is 0 Å². The number of nitro groups is 1. The molecule has 7 amide bonds. The molecular formula is C31H46N22O11. The van der Waals surface area contributed by atoms with E-state index in [2.05, 4.69) is 21.3 Å². The molecule has 0 bridgehead atoms. The number of benzene rings is 2. The van der Waals surface area contributed by atoms with E-state index in [1.807, 2.05) is 37.2 Å². The Bertz CT molecular complexity index is 2140. The van der Waals surface area contributed by atoms with Crippen molar-refractivity contribution in [2.75, 3.05) is 0 Å². The molecule has 7 unspecified atom stereocenters. The second-order valence-corrected chi connectivity index (χ2v) is 12.6. The number of phenols is 1. The molecule has 0 spiro atoms. The van der Waals surface area contributed by atoms with Crippen molar-refractivity contribution in [1.82, 2.24) is 58.5 Å². The van der Waals surface area contributed by atoms with Gasteiger partial charge in [-0.1, -0.05) is 36.4 Å². The average Bonchev–Trinajstić information content (AvgIpc) is 3.20. The molecule has 29 N–H and O–H groups in total. The molecule has 2 aromatic rings. The smallest absolute Gasteiger partial charge is 0.311 e. The minimum Gasteiger partial charge on any atom is -0.502 e. The summed E-state index contributed by atoms with van der Waals surface area (Å²) in [7, 11) is 0. The first-order valence-corrected chi connectivity index (χ1v) is 17.6. The van der Waals surface area contributed by atoms with Crippen molar-refractivity contribution in [3.05, 3.63) is 69.8 Å². The molecule has 0 aromatic heterocycles. The highest BCUT2D eigenvalue weighted by Gasteiger charge is 2.34. The van der Waals surface area contributed by atoms with Crippen molar-refractivity contribution >= 4 is 70.9 Å². The summed E-state index contributed by atoms with van der Waals surface area (Å²) in [5.74, 6) is -13.6. The zero-order chi connectivity index (χ0) is 48.4. The highest BCUT2D eigenvalue weighted by atomic mass is 16.6. The van der Waals surface area contributed by atoms with Gasteiger partial charge in [0.05, 0.1) is 4.92 Å². The number of nitrogens with one attached hydrogen (secondary N) is 15. The van der Waals surface area contributed by atoms with Crippen LogP contribution < -0.4 is 92.9 Å². The lowest BCUT2D eigenvalue weighted by Crippen LogP contribution is -2.69. The van der Waals surface area contributed by atoms with Crippen LogP contribution in [-0.2, 0) is 40.1 Å². The summed E-state index contributed by atoms with van der Waals surface area (Å²) in [5.41, 5.74) is 31.5. The molecule has 0 aliphatic heterocycles. The number of phenolic OH excluding ortho intramolecular Hbond substituents is 1. The van der Waals surface area contributed by atoms with Crippen LogP contribution in [0.15, 0.2) is 48.5 Å². The molecule has 0 aliphatic rings. The third-order valence-electron chi connectivity index (χ3n) is 7.66. The number of carbonyl (C=O) groups is 7. The largest absolute Gasteiger partial charge is 0.502 e. The predicted molar refractivity (Wildman–Crippen MR) is 218 cm³/mol. The Morgan fingerprint density at radius 1 is 0.594 bits per heavy atom. The summed E-state index contributed by atoms with van der Waals surface area (Å²) < 4.78 is 0. The van der Waals surface area contributed by atoms with Crippen molar-refractivity contribution in [3.63, 3.8) is 0 Å². The molecule has 7 atom stereocenters. The molecular weight excluding hydrogens is 856 g/mol. The van der Waals surface area contributed by atoms with Gasteiger partial charge >= 0.3 is 5.69 Å². The van der Waals surface area contributed by atoms with Crippen molar-refractivity contribution in [3.8, 4) is 5.75 Å². The van der Waals surface area contributed by atoms with E-state index in [4.69, 9.17) is 56.0 Å². The second-order valence-electron chi connectivity index (χ2n) is 12.6.